The number of imidazole rings is 1. The highest BCUT2D eigenvalue weighted by Crippen LogP contribution is 2.31. The van der Waals surface area contributed by atoms with Crippen molar-refractivity contribution in [2.75, 3.05) is 6.61 Å². The minimum Gasteiger partial charge on any atom is -0.370 e. The summed E-state index contributed by atoms with van der Waals surface area (Å²) in [7, 11) is 0. The minimum atomic E-state index is -0.0162. The highest BCUT2D eigenvalue weighted by molar-refractivity contribution is 5.81. The van der Waals surface area contributed by atoms with E-state index in [0.717, 1.165) is 49.1 Å². The monoisotopic (exact) mass is 417 g/mol. The van der Waals surface area contributed by atoms with Crippen LogP contribution in [0.15, 0.2) is 54.6 Å². The van der Waals surface area contributed by atoms with E-state index >= 15 is 0 Å². The van der Waals surface area contributed by atoms with Gasteiger partial charge in [-0.25, -0.2) is 4.98 Å². The van der Waals surface area contributed by atoms with E-state index in [4.69, 9.17) is 9.72 Å². The lowest BCUT2D eigenvalue weighted by Gasteiger charge is -2.35. The molecule has 0 radical (unpaired) electrons. The molecule has 1 aliphatic carbocycles. The molecule has 1 aromatic heterocycles. The van der Waals surface area contributed by atoms with Crippen LogP contribution in [0.3, 0.4) is 0 Å². The maximum atomic E-state index is 13.8. The summed E-state index contributed by atoms with van der Waals surface area (Å²) in [4.78, 5) is 20.8. The first-order valence-corrected chi connectivity index (χ1v) is 11.7. The van der Waals surface area contributed by atoms with E-state index in [2.05, 4.69) is 39.8 Å². The predicted molar refractivity (Wildman–Crippen MR) is 122 cm³/mol. The molecule has 2 fully saturated rings. The highest BCUT2D eigenvalue weighted by Gasteiger charge is 2.29. The van der Waals surface area contributed by atoms with Crippen LogP contribution in [0, 0.1) is 0 Å². The maximum absolute atomic E-state index is 13.8. The van der Waals surface area contributed by atoms with Crippen LogP contribution in [0.4, 0.5) is 0 Å². The summed E-state index contributed by atoms with van der Waals surface area (Å²) in [6, 6.07) is 18.8. The van der Waals surface area contributed by atoms with Crippen molar-refractivity contribution >= 4 is 16.9 Å². The smallest absolute Gasteiger partial charge is 0.243 e. The van der Waals surface area contributed by atoms with Gasteiger partial charge < -0.3 is 14.2 Å². The minimum absolute atomic E-state index is 0.0162. The Morgan fingerprint density at radius 2 is 1.74 bits per heavy atom. The summed E-state index contributed by atoms with van der Waals surface area (Å²) in [6.07, 6.45) is 7.88. The second kappa shape index (κ2) is 9.23. The molecular weight excluding hydrogens is 386 g/mol. The molecule has 5 heteroatoms. The molecule has 31 heavy (non-hydrogen) atoms. The van der Waals surface area contributed by atoms with E-state index in [1.54, 1.807) is 0 Å². The largest absolute Gasteiger partial charge is 0.370 e. The quantitative estimate of drug-likeness (QED) is 0.550. The second-order valence-electron chi connectivity index (χ2n) is 8.85. The molecule has 1 amide bonds. The Kier molecular flexibility index (Phi) is 6.03. The fourth-order valence-corrected chi connectivity index (χ4v) is 5.11. The number of hydrogen-bond donors (Lipinski definition) is 0. The van der Waals surface area contributed by atoms with Crippen molar-refractivity contribution in [3.05, 3.63) is 66.0 Å². The lowest BCUT2D eigenvalue weighted by Crippen LogP contribution is -2.42. The van der Waals surface area contributed by atoms with Gasteiger partial charge in [0, 0.05) is 19.2 Å². The van der Waals surface area contributed by atoms with Crippen LogP contribution >= 0.6 is 0 Å². The fourth-order valence-electron chi connectivity index (χ4n) is 5.11. The lowest BCUT2D eigenvalue weighted by atomic mass is 9.93. The van der Waals surface area contributed by atoms with Gasteiger partial charge in [0.2, 0.25) is 5.91 Å². The highest BCUT2D eigenvalue weighted by atomic mass is 16.5. The zero-order valence-corrected chi connectivity index (χ0v) is 18.1. The van der Waals surface area contributed by atoms with Gasteiger partial charge in [-0.1, -0.05) is 61.7 Å². The Balaban J connectivity index is 1.46. The SMILES string of the molecule is O=C(Cn1c(C2CCCO2)nc2ccccc21)N(Cc1ccccc1)C1CCCCC1. The standard InChI is InChI=1S/C26H31N3O2/c30-25(28(21-12-5-2-6-13-21)18-20-10-3-1-4-11-20)19-29-23-15-8-7-14-22(23)27-26(29)24-16-9-17-31-24/h1,3-4,7-8,10-11,14-15,21,24H,2,5-6,9,12-13,16-19H2. The van der Waals surface area contributed by atoms with Gasteiger partial charge in [0.05, 0.1) is 11.0 Å². The molecule has 0 bridgehead atoms. The van der Waals surface area contributed by atoms with Gasteiger partial charge in [0.25, 0.3) is 0 Å². The normalized spacial score (nSPS) is 19.7. The zero-order valence-electron chi connectivity index (χ0n) is 18.1. The molecule has 1 saturated carbocycles. The Morgan fingerprint density at radius 1 is 0.968 bits per heavy atom. The van der Waals surface area contributed by atoms with Crippen LogP contribution in [-0.4, -0.2) is 33.0 Å². The van der Waals surface area contributed by atoms with E-state index in [1.807, 2.05) is 24.3 Å². The topological polar surface area (TPSA) is 47.4 Å². The Hall–Kier alpha value is -2.66. The van der Waals surface area contributed by atoms with E-state index in [-0.39, 0.29) is 12.0 Å². The number of rotatable bonds is 6. The molecule has 2 aliphatic rings. The number of fused-ring (bicyclic) bond motifs is 1. The Labute approximate surface area is 184 Å². The van der Waals surface area contributed by atoms with Crippen molar-refractivity contribution in [3.63, 3.8) is 0 Å². The first-order chi connectivity index (χ1) is 15.3. The Bertz CT molecular complexity index is 1020. The summed E-state index contributed by atoms with van der Waals surface area (Å²) in [5.41, 5.74) is 3.15. The third-order valence-electron chi connectivity index (χ3n) is 6.73. The van der Waals surface area contributed by atoms with Crippen LogP contribution < -0.4 is 0 Å². The van der Waals surface area contributed by atoms with Crippen LogP contribution in [-0.2, 0) is 22.6 Å². The van der Waals surface area contributed by atoms with Crippen LogP contribution in [0.5, 0.6) is 0 Å². The average molecular weight is 418 g/mol. The first kappa shape index (κ1) is 20.3. The number of nitrogens with zero attached hydrogens (tertiary/aromatic N) is 3. The van der Waals surface area contributed by atoms with E-state index in [0.29, 0.717) is 19.1 Å². The summed E-state index contributed by atoms with van der Waals surface area (Å²) >= 11 is 0. The molecule has 0 N–H and O–H groups in total. The summed E-state index contributed by atoms with van der Waals surface area (Å²) in [6.45, 7) is 1.76. The zero-order chi connectivity index (χ0) is 21.0. The van der Waals surface area contributed by atoms with Crippen molar-refractivity contribution in [2.24, 2.45) is 0 Å². The number of carbonyl (C=O) groups excluding carboxylic acids is 1. The van der Waals surface area contributed by atoms with Gasteiger partial charge in [0.15, 0.2) is 0 Å². The number of para-hydroxylation sites is 2. The number of aromatic nitrogens is 2. The van der Waals surface area contributed by atoms with Gasteiger partial charge >= 0.3 is 0 Å². The van der Waals surface area contributed by atoms with Gasteiger partial charge in [-0.3, -0.25) is 4.79 Å². The molecule has 1 saturated heterocycles. The third-order valence-corrected chi connectivity index (χ3v) is 6.73. The molecule has 1 aliphatic heterocycles. The van der Waals surface area contributed by atoms with Gasteiger partial charge in [-0.15, -0.1) is 0 Å². The second-order valence-corrected chi connectivity index (χ2v) is 8.85. The number of benzene rings is 2. The van der Waals surface area contributed by atoms with E-state index < -0.39 is 0 Å². The van der Waals surface area contributed by atoms with Gasteiger partial charge in [-0.05, 0) is 43.4 Å². The number of hydrogen-bond acceptors (Lipinski definition) is 3. The van der Waals surface area contributed by atoms with Gasteiger partial charge in [-0.2, -0.15) is 0 Å². The molecule has 2 heterocycles. The number of carbonyl (C=O) groups is 1. The molecule has 3 aromatic rings. The number of amides is 1. The first-order valence-electron chi connectivity index (χ1n) is 11.7. The third kappa shape index (κ3) is 4.38. The molecule has 1 unspecified atom stereocenters. The average Bonchev–Trinajstić information content (AvgIpc) is 3.47. The van der Waals surface area contributed by atoms with Crippen molar-refractivity contribution in [3.8, 4) is 0 Å². The maximum Gasteiger partial charge on any atom is 0.243 e. The van der Waals surface area contributed by atoms with Crippen molar-refractivity contribution < 1.29 is 9.53 Å². The van der Waals surface area contributed by atoms with Crippen molar-refractivity contribution in [2.45, 2.75) is 70.2 Å². The fraction of sp³-hybridized carbons (Fsp3) is 0.462. The van der Waals surface area contributed by atoms with Crippen LogP contribution in [0.1, 0.15) is 62.4 Å². The summed E-state index contributed by atoms with van der Waals surface area (Å²) in [5, 5.41) is 0. The number of ether oxygens (including phenoxy) is 1. The summed E-state index contributed by atoms with van der Waals surface area (Å²) < 4.78 is 8.06. The van der Waals surface area contributed by atoms with E-state index in [1.165, 1.54) is 24.8 Å². The molecule has 0 spiro atoms. The predicted octanol–water partition coefficient (Wildman–Crippen LogP) is 5.25. The van der Waals surface area contributed by atoms with Gasteiger partial charge in [0.1, 0.15) is 18.5 Å². The molecular formula is C26H31N3O2. The Morgan fingerprint density at radius 3 is 2.52 bits per heavy atom. The van der Waals surface area contributed by atoms with Crippen LogP contribution in [0.2, 0.25) is 0 Å². The molecule has 5 nitrogen and oxygen atoms in total. The lowest BCUT2D eigenvalue weighted by molar-refractivity contribution is -0.135. The van der Waals surface area contributed by atoms with Crippen LogP contribution in [0.25, 0.3) is 11.0 Å². The summed E-state index contributed by atoms with van der Waals surface area (Å²) in [5.74, 6) is 1.08. The molecule has 5 rings (SSSR count). The van der Waals surface area contributed by atoms with Crippen molar-refractivity contribution in [1.82, 2.24) is 14.5 Å². The van der Waals surface area contributed by atoms with E-state index in [9.17, 15) is 4.79 Å². The van der Waals surface area contributed by atoms with Crippen molar-refractivity contribution in [1.29, 1.82) is 0 Å². The molecule has 2 aromatic carbocycles. The molecule has 1 atom stereocenters. The molecule has 162 valence electrons.